The van der Waals surface area contributed by atoms with Gasteiger partial charge in [0.05, 0.1) is 11.6 Å². The number of fused-ring (bicyclic) bond motifs is 2. The molecule has 2 heterocycles. The van der Waals surface area contributed by atoms with Crippen molar-refractivity contribution in [1.29, 1.82) is 0 Å². The van der Waals surface area contributed by atoms with Crippen molar-refractivity contribution in [2.75, 3.05) is 5.32 Å². The van der Waals surface area contributed by atoms with Crippen LogP contribution >= 0.6 is 11.6 Å². The Morgan fingerprint density at radius 1 is 0.953 bits per heavy atom. The minimum Gasteiger partial charge on any atom is -0.374 e. The largest absolute Gasteiger partial charge is 0.416 e. The Hall–Kier alpha value is -4.32. The van der Waals surface area contributed by atoms with Crippen LogP contribution in [0.1, 0.15) is 71.9 Å². The van der Waals surface area contributed by atoms with E-state index in [1.165, 1.54) is 12.1 Å². The van der Waals surface area contributed by atoms with Gasteiger partial charge < -0.3 is 15.7 Å². The van der Waals surface area contributed by atoms with Gasteiger partial charge in [-0.25, -0.2) is 8.78 Å². The molecule has 0 saturated carbocycles. The molecule has 12 heteroatoms. The monoisotopic (exact) mass is 613 g/mol. The first-order chi connectivity index (χ1) is 20.4. The van der Waals surface area contributed by atoms with Gasteiger partial charge in [-0.05, 0) is 77.2 Å². The van der Waals surface area contributed by atoms with Crippen LogP contribution in [0.3, 0.4) is 0 Å². The second kappa shape index (κ2) is 10.7. The van der Waals surface area contributed by atoms with Gasteiger partial charge in [0.2, 0.25) is 0 Å². The summed E-state index contributed by atoms with van der Waals surface area (Å²) in [7, 11) is 0. The number of halogens is 6. The van der Waals surface area contributed by atoms with Gasteiger partial charge in [-0.1, -0.05) is 29.8 Å². The molecule has 6 rings (SSSR count). The van der Waals surface area contributed by atoms with Crippen LogP contribution in [0.25, 0.3) is 0 Å². The van der Waals surface area contributed by atoms with E-state index in [2.05, 4.69) is 16.0 Å². The van der Waals surface area contributed by atoms with Crippen LogP contribution in [0.2, 0.25) is 5.02 Å². The van der Waals surface area contributed by atoms with Crippen molar-refractivity contribution in [2.45, 2.75) is 31.4 Å². The molecule has 4 aromatic carbocycles. The zero-order valence-corrected chi connectivity index (χ0v) is 22.7. The summed E-state index contributed by atoms with van der Waals surface area (Å²) in [4.78, 5) is 25.2. The lowest BCUT2D eigenvalue weighted by Crippen LogP contribution is -2.20. The van der Waals surface area contributed by atoms with E-state index < -0.39 is 47.1 Å². The molecule has 1 unspecified atom stereocenters. The topological polar surface area (TPSA) is 90.5 Å². The molecule has 2 amide bonds. The second-order valence-corrected chi connectivity index (χ2v) is 10.8. The molecule has 0 fully saturated rings. The summed E-state index contributed by atoms with van der Waals surface area (Å²) in [6.45, 7) is 0.375. The van der Waals surface area contributed by atoms with Gasteiger partial charge in [-0.3, -0.25) is 14.9 Å². The SMILES string of the molecule is O=C(Nc1cc(Cc2ccc3c(c2)CNC3=O)cc2c1[C@@H](c1cc(F)ccc1Cl)NC2O)c1cc(F)cc(C(F)(F)F)c1. The lowest BCUT2D eigenvalue weighted by atomic mass is 9.92. The summed E-state index contributed by atoms with van der Waals surface area (Å²) in [5.74, 6) is -3.05. The molecule has 0 radical (unpaired) electrons. The molecule has 0 spiro atoms. The fourth-order valence-corrected chi connectivity index (χ4v) is 5.74. The van der Waals surface area contributed by atoms with Gasteiger partial charge in [-0.15, -0.1) is 0 Å². The summed E-state index contributed by atoms with van der Waals surface area (Å²) < 4.78 is 68.4. The van der Waals surface area contributed by atoms with E-state index in [-0.39, 0.29) is 28.2 Å². The maximum absolute atomic E-state index is 14.2. The minimum atomic E-state index is -4.89. The number of anilines is 1. The molecule has 0 bridgehead atoms. The number of rotatable bonds is 5. The number of alkyl halides is 3. The Morgan fingerprint density at radius 3 is 2.51 bits per heavy atom. The van der Waals surface area contributed by atoms with Crippen LogP contribution in [0.4, 0.5) is 27.6 Å². The first kappa shape index (κ1) is 28.8. The minimum absolute atomic E-state index is 0.0997. The maximum atomic E-state index is 14.2. The first-order valence-electron chi connectivity index (χ1n) is 13.0. The first-order valence-corrected chi connectivity index (χ1v) is 13.4. The quantitative estimate of drug-likeness (QED) is 0.196. The zero-order chi connectivity index (χ0) is 30.6. The van der Waals surface area contributed by atoms with Gasteiger partial charge in [0.25, 0.3) is 11.8 Å². The number of carbonyl (C=O) groups excluding carboxylic acids is 2. The predicted molar refractivity (Wildman–Crippen MR) is 148 cm³/mol. The Balaban J connectivity index is 1.44. The van der Waals surface area contributed by atoms with Crippen LogP contribution in [0.15, 0.2) is 66.7 Å². The molecule has 43 heavy (non-hydrogen) atoms. The highest BCUT2D eigenvalue weighted by atomic mass is 35.5. The molecular weight excluding hydrogens is 593 g/mol. The van der Waals surface area contributed by atoms with Gasteiger partial charge in [0.1, 0.15) is 17.9 Å². The zero-order valence-electron chi connectivity index (χ0n) is 22.0. The highest BCUT2D eigenvalue weighted by molar-refractivity contribution is 6.31. The van der Waals surface area contributed by atoms with Crippen molar-refractivity contribution >= 4 is 29.1 Å². The normalized spacial score (nSPS) is 17.4. The fourth-order valence-electron chi connectivity index (χ4n) is 5.51. The Labute approximate surface area is 246 Å². The average molecular weight is 614 g/mol. The molecule has 4 N–H and O–H groups in total. The van der Waals surface area contributed by atoms with Crippen molar-refractivity contribution in [3.63, 3.8) is 0 Å². The van der Waals surface area contributed by atoms with Gasteiger partial charge in [0, 0.05) is 39.5 Å². The van der Waals surface area contributed by atoms with Crippen molar-refractivity contribution < 1.29 is 36.6 Å². The van der Waals surface area contributed by atoms with Gasteiger partial charge in [0.15, 0.2) is 0 Å². The lowest BCUT2D eigenvalue weighted by molar-refractivity contribution is -0.137. The van der Waals surface area contributed by atoms with E-state index in [4.69, 9.17) is 11.6 Å². The van der Waals surface area contributed by atoms with Crippen molar-refractivity contribution in [3.8, 4) is 0 Å². The van der Waals surface area contributed by atoms with Crippen LogP contribution in [-0.2, 0) is 19.1 Å². The Morgan fingerprint density at radius 2 is 1.74 bits per heavy atom. The summed E-state index contributed by atoms with van der Waals surface area (Å²) >= 11 is 6.36. The standard InChI is InChI=1S/C31H21ClF5N3O3/c32-24-4-2-19(33)12-22(24)27-26-23(30(43)40-27)7-15(5-14-1-3-21-17(6-14)13-38-29(21)42)8-25(26)39-28(41)16-9-18(31(35,36)37)11-20(34)10-16/h1-4,6-12,27,30,40,43H,5,13H2,(H,38,42)(H,39,41)/t27-,30?/m1/s1. The summed E-state index contributed by atoms with van der Waals surface area (Å²) in [6.07, 6.45) is -5.86. The summed E-state index contributed by atoms with van der Waals surface area (Å²) in [6, 6.07) is 12.9. The number of benzene rings is 4. The predicted octanol–water partition coefficient (Wildman–Crippen LogP) is 6.41. The van der Waals surface area contributed by atoms with E-state index in [9.17, 15) is 36.6 Å². The second-order valence-electron chi connectivity index (χ2n) is 10.3. The molecule has 6 nitrogen and oxygen atoms in total. The molecule has 2 aliphatic heterocycles. The molecule has 2 aliphatic rings. The molecule has 4 aromatic rings. The maximum Gasteiger partial charge on any atom is 0.416 e. The van der Waals surface area contributed by atoms with Crippen molar-refractivity contribution in [3.05, 3.63) is 133 Å². The molecule has 0 saturated heterocycles. The van der Waals surface area contributed by atoms with Crippen LogP contribution in [-0.4, -0.2) is 16.9 Å². The van der Waals surface area contributed by atoms with E-state index >= 15 is 0 Å². The van der Waals surface area contributed by atoms with E-state index in [1.54, 1.807) is 24.3 Å². The number of aliphatic hydroxyl groups excluding tert-OH is 1. The number of carbonyl (C=O) groups is 2. The lowest BCUT2D eigenvalue weighted by Gasteiger charge is -2.20. The summed E-state index contributed by atoms with van der Waals surface area (Å²) in [5, 5.41) is 19.4. The van der Waals surface area contributed by atoms with E-state index in [1.807, 2.05) is 6.07 Å². The number of amides is 2. The van der Waals surface area contributed by atoms with Crippen LogP contribution in [0, 0.1) is 11.6 Å². The average Bonchev–Trinajstić information content (AvgIpc) is 3.48. The highest BCUT2D eigenvalue weighted by Crippen LogP contribution is 2.44. The number of hydrogen-bond donors (Lipinski definition) is 4. The van der Waals surface area contributed by atoms with Gasteiger partial charge in [-0.2, -0.15) is 13.2 Å². The Kier molecular flexibility index (Phi) is 7.19. The van der Waals surface area contributed by atoms with E-state index in [0.717, 1.165) is 17.2 Å². The molecule has 220 valence electrons. The third-order valence-electron chi connectivity index (χ3n) is 7.45. The molecular formula is C31H21ClF5N3O3. The third-order valence-corrected chi connectivity index (χ3v) is 7.79. The molecule has 0 aromatic heterocycles. The van der Waals surface area contributed by atoms with Gasteiger partial charge >= 0.3 is 6.18 Å². The van der Waals surface area contributed by atoms with Crippen molar-refractivity contribution in [2.24, 2.45) is 0 Å². The number of aliphatic hydroxyl groups is 1. The summed E-state index contributed by atoms with van der Waals surface area (Å²) in [5.41, 5.74) is 1.88. The van der Waals surface area contributed by atoms with Crippen molar-refractivity contribution in [1.82, 2.24) is 10.6 Å². The van der Waals surface area contributed by atoms with Crippen LogP contribution in [0.5, 0.6) is 0 Å². The molecule has 0 aliphatic carbocycles. The number of nitrogens with one attached hydrogen (secondary N) is 3. The molecule has 2 atom stereocenters. The Bertz CT molecular complexity index is 1810. The smallest absolute Gasteiger partial charge is 0.374 e. The fraction of sp³-hybridized carbons (Fsp3) is 0.161. The van der Waals surface area contributed by atoms with Crippen LogP contribution < -0.4 is 16.0 Å². The van der Waals surface area contributed by atoms with E-state index in [0.29, 0.717) is 47.4 Å². The highest BCUT2D eigenvalue weighted by Gasteiger charge is 2.36. The number of hydrogen-bond acceptors (Lipinski definition) is 4. The third kappa shape index (κ3) is 5.58.